The van der Waals surface area contributed by atoms with Gasteiger partial charge in [-0.3, -0.25) is 0 Å². The Labute approximate surface area is 140 Å². The number of fused-ring (bicyclic) bond motifs is 1. The number of thiazole rings is 1. The van der Waals surface area contributed by atoms with Crippen LogP contribution in [0, 0.1) is 0 Å². The van der Waals surface area contributed by atoms with E-state index < -0.39 is 5.97 Å². The first-order valence-corrected chi connectivity index (χ1v) is 8.81. The number of hydrogen-bond donors (Lipinski definition) is 0. The van der Waals surface area contributed by atoms with E-state index in [9.17, 15) is 9.90 Å². The molecule has 3 aromatic rings. The largest absolute Gasteiger partial charge is 0.545 e. The SMILES string of the molecule is O=C([O-])c1cc(-c2cccs2)nc2nc(N3CCOCC3)sc12. The molecule has 1 fully saturated rings. The highest BCUT2D eigenvalue weighted by Gasteiger charge is 2.19. The number of nitrogens with zero attached hydrogens (tertiary/aromatic N) is 3. The summed E-state index contributed by atoms with van der Waals surface area (Å²) in [5.74, 6) is -1.20. The van der Waals surface area contributed by atoms with Crippen molar-refractivity contribution in [3.8, 4) is 10.6 Å². The summed E-state index contributed by atoms with van der Waals surface area (Å²) in [5, 5.41) is 14.2. The van der Waals surface area contributed by atoms with E-state index in [-0.39, 0.29) is 5.56 Å². The Hall–Kier alpha value is -2.03. The molecule has 4 heterocycles. The number of carboxylic acid groups (broad SMARTS) is 1. The molecule has 23 heavy (non-hydrogen) atoms. The maximum absolute atomic E-state index is 11.5. The van der Waals surface area contributed by atoms with Gasteiger partial charge in [-0.25, -0.2) is 4.98 Å². The number of morpholine rings is 1. The van der Waals surface area contributed by atoms with E-state index in [2.05, 4.69) is 14.9 Å². The smallest absolute Gasteiger partial charge is 0.188 e. The lowest BCUT2D eigenvalue weighted by molar-refractivity contribution is -0.254. The van der Waals surface area contributed by atoms with Crippen molar-refractivity contribution in [2.24, 2.45) is 0 Å². The Kier molecular flexibility index (Phi) is 3.72. The molecule has 8 heteroatoms. The quantitative estimate of drug-likeness (QED) is 0.717. The molecule has 0 saturated carbocycles. The van der Waals surface area contributed by atoms with Crippen molar-refractivity contribution >= 4 is 44.1 Å². The third-order valence-electron chi connectivity index (χ3n) is 3.63. The Bertz CT molecular complexity index is 854. The highest BCUT2D eigenvalue weighted by atomic mass is 32.1. The van der Waals surface area contributed by atoms with Gasteiger partial charge in [-0.15, -0.1) is 11.3 Å². The molecule has 0 amide bonds. The predicted octanol–water partition coefficient (Wildman–Crippen LogP) is 1.62. The van der Waals surface area contributed by atoms with Gasteiger partial charge in [-0.1, -0.05) is 17.4 Å². The zero-order valence-electron chi connectivity index (χ0n) is 12.0. The molecule has 4 rings (SSSR count). The average Bonchev–Trinajstić information content (AvgIpc) is 3.23. The monoisotopic (exact) mass is 346 g/mol. The van der Waals surface area contributed by atoms with Crippen molar-refractivity contribution in [1.82, 2.24) is 9.97 Å². The third kappa shape index (κ3) is 2.69. The van der Waals surface area contributed by atoms with Crippen LogP contribution in [0.4, 0.5) is 5.13 Å². The van der Waals surface area contributed by atoms with E-state index in [1.807, 2.05) is 17.5 Å². The van der Waals surface area contributed by atoms with E-state index >= 15 is 0 Å². The summed E-state index contributed by atoms with van der Waals surface area (Å²) in [6, 6.07) is 5.39. The number of carbonyl (C=O) groups is 1. The van der Waals surface area contributed by atoms with Crippen LogP contribution < -0.4 is 10.0 Å². The number of hydrogen-bond acceptors (Lipinski definition) is 8. The molecule has 0 unspecified atom stereocenters. The molecule has 6 nitrogen and oxygen atoms in total. The maximum Gasteiger partial charge on any atom is 0.188 e. The van der Waals surface area contributed by atoms with Gasteiger partial charge in [0.15, 0.2) is 10.8 Å². The zero-order chi connectivity index (χ0) is 15.8. The average molecular weight is 346 g/mol. The van der Waals surface area contributed by atoms with Gasteiger partial charge in [0.05, 0.1) is 34.5 Å². The van der Waals surface area contributed by atoms with Crippen LogP contribution in [0.2, 0.25) is 0 Å². The lowest BCUT2D eigenvalue weighted by atomic mass is 10.2. The van der Waals surface area contributed by atoms with E-state index in [0.717, 1.165) is 23.1 Å². The molecule has 1 aliphatic rings. The third-order valence-corrected chi connectivity index (χ3v) is 5.66. The van der Waals surface area contributed by atoms with E-state index in [4.69, 9.17) is 4.74 Å². The van der Waals surface area contributed by atoms with Crippen LogP contribution in [0.3, 0.4) is 0 Å². The number of pyridine rings is 1. The summed E-state index contributed by atoms with van der Waals surface area (Å²) in [5.41, 5.74) is 1.22. The summed E-state index contributed by atoms with van der Waals surface area (Å²) in [4.78, 5) is 23.6. The maximum atomic E-state index is 11.5. The number of carboxylic acids is 1. The summed E-state index contributed by atoms with van der Waals surface area (Å²) < 4.78 is 5.90. The molecule has 118 valence electrons. The fourth-order valence-corrected chi connectivity index (χ4v) is 4.24. The molecule has 0 radical (unpaired) electrons. The summed E-state index contributed by atoms with van der Waals surface area (Å²) in [6.07, 6.45) is 0. The van der Waals surface area contributed by atoms with Crippen molar-refractivity contribution in [3.05, 3.63) is 29.1 Å². The van der Waals surface area contributed by atoms with Crippen molar-refractivity contribution in [1.29, 1.82) is 0 Å². The minimum atomic E-state index is -1.20. The fourth-order valence-electron chi connectivity index (χ4n) is 2.49. The van der Waals surface area contributed by atoms with Gasteiger partial charge in [0.2, 0.25) is 0 Å². The number of rotatable bonds is 3. The number of anilines is 1. The van der Waals surface area contributed by atoms with Gasteiger partial charge in [0, 0.05) is 18.7 Å². The Balaban J connectivity index is 1.85. The minimum absolute atomic E-state index is 0.149. The fraction of sp³-hybridized carbons (Fsp3) is 0.267. The van der Waals surface area contributed by atoms with E-state index in [1.54, 1.807) is 6.07 Å². The van der Waals surface area contributed by atoms with E-state index in [0.29, 0.717) is 29.3 Å². The van der Waals surface area contributed by atoms with Crippen LogP contribution in [0.1, 0.15) is 10.4 Å². The van der Waals surface area contributed by atoms with Gasteiger partial charge >= 0.3 is 0 Å². The highest BCUT2D eigenvalue weighted by molar-refractivity contribution is 7.22. The van der Waals surface area contributed by atoms with Crippen molar-refractivity contribution in [2.75, 3.05) is 31.2 Å². The molecule has 1 aliphatic heterocycles. The number of thiophene rings is 1. The molecule has 0 spiro atoms. The molecular weight excluding hydrogens is 334 g/mol. The lowest BCUT2D eigenvalue weighted by Crippen LogP contribution is -2.36. The Morgan fingerprint density at radius 1 is 1.30 bits per heavy atom. The summed E-state index contributed by atoms with van der Waals surface area (Å²) in [7, 11) is 0. The highest BCUT2D eigenvalue weighted by Crippen LogP contribution is 2.34. The Morgan fingerprint density at radius 2 is 2.13 bits per heavy atom. The van der Waals surface area contributed by atoms with Gasteiger partial charge in [-0.05, 0) is 17.5 Å². The van der Waals surface area contributed by atoms with Crippen LogP contribution in [-0.2, 0) is 4.74 Å². The minimum Gasteiger partial charge on any atom is -0.545 e. The zero-order valence-corrected chi connectivity index (χ0v) is 13.7. The predicted molar refractivity (Wildman–Crippen MR) is 88.1 cm³/mol. The molecular formula is C15H12N3O3S2-. The number of aromatic carboxylic acids is 1. The van der Waals surface area contributed by atoms with Crippen LogP contribution in [-0.4, -0.2) is 42.2 Å². The van der Waals surface area contributed by atoms with Gasteiger partial charge in [0.1, 0.15) is 0 Å². The first kappa shape index (κ1) is 14.6. The number of ether oxygens (including phenoxy) is 1. The molecule has 3 aromatic heterocycles. The van der Waals surface area contributed by atoms with Crippen molar-refractivity contribution in [3.63, 3.8) is 0 Å². The van der Waals surface area contributed by atoms with Crippen LogP contribution in [0.25, 0.3) is 20.9 Å². The molecule has 0 aromatic carbocycles. The van der Waals surface area contributed by atoms with Gasteiger partial charge < -0.3 is 19.5 Å². The van der Waals surface area contributed by atoms with Gasteiger partial charge in [-0.2, -0.15) is 4.98 Å². The first-order valence-electron chi connectivity index (χ1n) is 7.12. The van der Waals surface area contributed by atoms with Crippen LogP contribution in [0.15, 0.2) is 23.6 Å². The standard InChI is InChI=1S/C15H13N3O3S2/c19-14(20)9-8-10(11-2-1-7-22-11)16-13-12(9)23-15(17-13)18-3-5-21-6-4-18/h1-2,7-8H,3-6H2,(H,19,20)/p-1. The summed E-state index contributed by atoms with van der Waals surface area (Å²) in [6.45, 7) is 2.80. The molecule has 0 atom stereocenters. The molecule has 0 aliphatic carbocycles. The van der Waals surface area contributed by atoms with Crippen molar-refractivity contribution < 1.29 is 14.6 Å². The van der Waals surface area contributed by atoms with Crippen molar-refractivity contribution in [2.45, 2.75) is 0 Å². The number of aromatic nitrogens is 2. The lowest BCUT2D eigenvalue weighted by Gasteiger charge is -2.25. The van der Waals surface area contributed by atoms with Crippen LogP contribution >= 0.6 is 22.7 Å². The molecule has 1 saturated heterocycles. The Morgan fingerprint density at radius 3 is 2.83 bits per heavy atom. The van der Waals surface area contributed by atoms with E-state index in [1.165, 1.54) is 22.7 Å². The second-order valence-corrected chi connectivity index (χ2v) is 6.99. The number of carbonyl (C=O) groups excluding carboxylic acids is 1. The molecule has 0 bridgehead atoms. The van der Waals surface area contributed by atoms with Crippen LogP contribution in [0.5, 0.6) is 0 Å². The first-order chi connectivity index (χ1) is 11.2. The second kappa shape index (κ2) is 5.88. The topological polar surface area (TPSA) is 78.4 Å². The normalized spacial score (nSPS) is 15.2. The second-order valence-electron chi connectivity index (χ2n) is 5.07. The van der Waals surface area contributed by atoms with Gasteiger partial charge in [0.25, 0.3) is 0 Å². The molecule has 0 N–H and O–H groups in total. The summed E-state index contributed by atoms with van der Waals surface area (Å²) >= 11 is 2.86.